The molecule has 1 heterocycles. The van der Waals surface area contributed by atoms with Gasteiger partial charge < -0.3 is 15.4 Å². The van der Waals surface area contributed by atoms with Gasteiger partial charge in [-0.3, -0.25) is 0 Å². The molecular weight excluding hydrogens is 218 g/mol. The summed E-state index contributed by atoms with van der Waals surface area (Å²) in [7, 11) is 5.33. The Hall–Kier alpha value is -2.24. The lowest BCUT2D eigenvalue weighted by Crippen LogP contribution is -2.11. The van der Waals surface area contributed by atoms with Gasteiger partial charge in [-0.2, -0.15) is 9.67 Å². The van der Waals surface area contributed by atoms with Crippen LogP contribution in [0.4, 0.5) is 11.9 Å². The molecule has 0 aliphatic heterocycles. The standard InChI is InChI=1S/C11H15N5O/c1-15(2)11-13-10(12)16(14-11)8-6-4-5-7-9(8)17-3/h4-7H,1-3H3,(H2,12,13,14). The lowest BCUT2D eigenvalue weighted by molar-refractivity contribution is 0.412. The lowest BCUT2D eigenvalue weighted by Gasteiger charge is -2.08. The van der Waals surface area contributed by atoms with E-state index in [2.05, 4.69) is 10.1 Å². The third-order valence-electron chi connectivity index (χ3n) is 2.33. The van der Waals surface area contributed by atoms with Gasteiger partial charge in [0.1, 0.15) is 11.4 Å². The van der Waals surface area contributed by atoms with Crippen LogP contribution in [0.2, 0.25) is 0 Å². The Morgan fingerprint density at radius 1 is 1.29 bits per heavy atom. The molecule has 0 amide bonds. The van der Waals surface area contributed by atoms with Crippen molar-refractivity contribution in [3.05, 3.63) is 24.3 Å². The average Bonchev–Trinajstić information content (AvgIpc) is 2.71. The summed E-state index contributed by atoms with van der Waals surface area (Å²) in [5.74, 6) is 1.60. The molecule has 0 saturated carbocycles. The van der Waals surface area contributed by atoms with Crippen molar-refractivity contribution < 1.29 is 4.74 Å². The third-order valence-corrected chi connectivity index (χ3v) is 2.33. The van der Waals surface area contributed by atoms with Crippen molar-refractivity contribution in [2.24, 2.45) is 0 Å². The maximum absolute atomic E-state index is 5.84. The van der Waals surface area contributed by atoms with Gasteiger partial charge in [0.25, 0.3) is 0 Å². The summed E-state index contributed by atoms with van der Waals surface area (Å²) in [6.45, 7) is 0. The maximum atomic E-state index is 5.84. The predicted octanol–water partition coefficient (Wildman–Crippen LogP) is 0.924. The van der Waals surface area contributed by atoms with Gasteiger partial charge in [-0.05, 0) is 12.1 Å². The van der Waals surface area contributed by atoms with Gasteiger partial charge in [0.2, 0.25) is 11.9 Å². The molecule has 0 atom stereocenters. The number of ether oxygens (including phenoxy) is 1. The molecule has 0 spiro atoms. The second kappa shape index (κ2) is 4.32. The largest absolute Gasteiger partial charge is 0.494 e. The molecule has 1 aromatic heterocycles. The summed E-state index contributed by atoms with van der Waals surface area (Å²) in [6.07, 6.45) is 0. The minimum Gasteiger partial charge on any atom is -0.494 e. The number of nitrogens with zero attached hydrogens (tertiary/aromatic N) is 4. The number of aromatic nitrogens is 3. The average molecular weight is 233 g/mol. The van der Waals surface area contributed by atoms with Crippen LogP contribution < -0.4 is 15.4 Å². The van der Waals surface area contributed by atoms with E-state index >= 15 is 0 Å². The van der Waals surface area contributed by atoms with E-state index in [0.717, 1.165) is 5.69 Å². The van der Waals surface area contributed by atoms with Crippen molar-refractivity contribution in [2.45, 2.75) is 0 Å². The Labute approximate surface area is 99.6 Å². The van der Waals surface area contributed by atoms with Gasteiger partial charge in [0.05, 0.1) is 7.11 Å². The number of nitrogen functional groups attached to an aromatic ring is 1. The van der Waals surface area contributed by atoms with Crippen LogP contribution in [0.3, 0.4) is 0 Å². The molecule has 0 aliphatic rings. The quantitative estimate of drug-likeness (QED) is 0.853. The number of nitrogens with two attached hydrogens (primary N) is 1. The van der Waals surface area contributed by atoms with Gasteiger partial charge in [0.15, 0.2) is 0 Å². The van der Waals surface area contributed by atoms with Crippen molar-refractivity contribution in [1.82, 2.24) is 14.8 Å². The van der Waals surface area contributed by atoms with Crippen LogP contribution >= 0.6 is 0 Å². The van der Waals surface area contributed by atoms with Crippen molar-refractivity contribution in [1.29, 1.82) is 0 Å². The molecule has 2 rings (SSSR count). The smallest absolute Gasteiger partial charge is 0.246 e. The van der Waals surface area contributed by atoms with Gasteiger partial charge in [-0.1, -0.05) is 12.1 Å². The first-order valence-corrected chi connectivity index (χ1v) is 5.16. The molecule has 0 bridgehead atoms. The van der Waals surface area contributed by atoms with E-state index in [-0.39, 0.29) is 0 Å². The van der Waals surface area contributed by atoms with Crippen LogP contribution in [0.15, 0.2) is 24.3 Å². The van der Waals surface area contributed by atoms with Crippen molar-refractivity contribution >= 4 is 11.9 Å². The van der Waals surface area contributed by atoms with Crippen LogP contribution in [-0.2, 0) is 0 Å². The zero-order valence-corrected chi connectivity index (χ0v) is 10.1. The highest BCUT2D eigenvalue weighted by Crippen LogP contribution is 2.24. The summed E-state index contributed by atoms with van der Waals surface area (Å²) in [4.78, 5) is 5.96. The number of hydrogen-bond acceptors (Lipinski definition) is 5. The minimum absolute atomic E-state index is 0.332. The highest BCUT2D eigenvalue weighted by molar-refractivity contribution is 5.50. The molecule has 17 heavy (non-hydrogen) atoms. The van der Waals surface area contributed by atoms with Crippen molar-refractivity contribution in [2.75, 3.05) is 31.8 Å². The first kappa shape index (κ1) is 11.3. The molecule has 2 N–H and O–H groups in total. The molecular formula is C11H15N5O. The summed E-state index contributed by atoms with van der Waals surface area (Å²) in [5, 5.41) is 4.31. The molecule has 0 saturated heterocycles. The van der Waals surface area contributed by atoms with Crippen LogP contribution in [-0.4, -0.2) is 36.0 Å². The highest BCUT2D eigenvalue weighted by Gasteiger charge is 2.13. The van der Waals surface area contributed by atoms with Gasteiger partial charge in [0, 0.05) is 14.1 Å². The van der Waals surface area contributed by atoms with E-state index in [1.165, 1.54) is 0 Å². The molecule has 2 aromatic rings. The van der Waals surface area contributed by atoms with E-state index in [9.17, 15) is 0 Å². The Balaban J connectivity index is 2.52. The summed E-state index contributed by atoms with van der Waals surface area (Å²) < 4.78 is 6.83. The Morgan fingerprint density at radius 2 is 2.00 bits per heavy atom. The molecule has 0 fully saturated rings. The first-order valence-electron chi connectivity index (χ1n) is 5.16. The number of rotatable bonds is 3. The fraction of sp³-hybridized carbons (Fsp3) is 0.273. The van der Waals surface area contributed by atoms with Crippen molar-refractivity contribution in [3.63, 3.8) is 0 Å². The van der Waals surface area contributed by atoms with Crippen molar-refractivity contribution in [3.8, 4) is 11.4 Å². The lowest BCUT2D eigenvalue weighted by atomic mass is 10.3. The SMILES string of the molecule is COc1ccccc1-n1nc(N(C)C)nc1N. The Morgan fingerprint density at radius 3 is 2.59 bits per heavy atom. The topological polar surface area (TPSA) is 69.2 Å². The number of anilines is 2. The van der Waals surface area contributed by atoms with E-state index < -0.39 is 0 Å². The second-order valence-electron chi connectivity index (χ2n) is 3.75. The molecule has 0 aliphatic carbocycles. The van der Waals surface area contributed by atoms with Gasteiger partial charge in [-0.25, -0.2) is 0 Å². The zero-order chi connectivity index (χ0) is 12.4. The number of hydrogen-bond donors (Lipinski definition) is 1. The summed E-state index contributed by atoms with van der Waals surface area (Å²) in [6, 6.07) is 7.52. The molecule has 1 aromatic carbocycles. The van der Waals surface area contributed by atoms with E-state index in [4.69, 9.17) is 10.5 Å². The second-order valence-corrected chi connectivity index (χ2v) is 3.75. The molecule has 6 heteroatoms. The van der Waals surface area contributed by atoms with Crippen LogP contribution in [0, 0.1) is 0 Å². The van der Waals surface area contributed by atoms with E-state index in [1.54, 1.807) is 16.7 Å². The van der Waals surface area contributed by atoms with Crippen LogP contribution in [0.1, 0.15) is 0 Å². The minimum atomic E-state index is 0.332. The molecule has 90 valence electrons. The Kier molecular flexibility index (Phi) is 2.86. The number of methoxy groups -OCH3 is 1. The molecule has 6 nitrogen and oxygen atoms in total. The van der Waals surface area contributed by atoms with E-state index in [0.29, 0.717) is 17.6 Å². The van der Waals surface area contributed by atoms with Crippen LogP contribution in [0.25, 0.3) is 5.69 Å². The maximum Gasteiger partial charge on any atom is 0.246 e. The zero-order valence-electron chi connectivity index (χ0n) is 10.1. The third kappa shape index (κ3) is 2.01. The normalized spacial score (nSPS) is 10.3. The highest BCUT2D eigenvalue weighted by atomic mass is 16.5. The van der Waals surface area contributed by atoms with Gasteiger partial charge in [-0.15, -0.1) is 5.10 Å². The monoisotopic (exact) mass is 233 g/mol. The van der Waals surface area contributed by atoms with E-state index in [1.807, 2.05) is 38.4 Å². The number of benzene rings is 1. The number of para-hydroxylation sites is 2. The molecule has 0 unspecified atom stereocenters. The summed E-state index contributed by atoms with van der Waals surface area (Å²) >= 11 is 0. The Bertz CT molecular complexity index is 520. The molecule has 0 radical (unpaired) electrons. The predicted molar refractivity (Wildman–Crippen MR) is 66.7 cm³/mol. The van der Waals surface area contributed by atoms with Gasteiger partial charge >= 0.3 is 0 Å². The summed E-state index contributed by atoms with van der Waals surface area (Å²) in [5.41, 5.74) is 6.61. The first-order chi connectivity index (χ1) is 8.13. The van der Waals surface area contributed by atoms with Crippen LogP contribution in [0.5, 0.6) is 5.75 Å². The fourth-order valence-corrected chi connectivity index (χ4v) is 1.48. The fourth-order valence-electron chi connectivity index (χ4n) is 1.48.